The smallest absolute Gasteiger partial charge is 0.0807 e. The Balaban J connectivity index is 2.53. The summed E-state index contributed by atoms with van der Waals surface area (Å²) in [5.74, 6) is 0. The lowest BCUT2D eigenvalue weighted by Gasteiger charge is -2.35. The summed E-state index contributed by atoms with van der Waals surface area (Å²) in [6.07, 6.45) is 4.89. The third kappa shape index (κ3) is 4.06. The molecule has 2 unspecified atom stereocenters. The van der Waals surface area contributed by atoms with Gasteiger partial charge in [0.05, 0.1) is 5.60 Å². The fourth-order valence-electron chi connectivity index (χ4n) is 2.52. The summed E-state index contributed by atoms with van der Waals surface area (Å²) in [5.41, 5.74) is 0.490. The molecule has 0 radical (unpaired) electrons. The molecule has 0 aromatic carbocycles. The zero-order valence-corrected chi connectivity index (χ0v) is 11.7. The van der Waals surface area contributed by atoms with Gasteiger partial charge >= 0.3 is 0 Å². The predicted molar refractivity (Wildman–Crippen MR) is 69.7 cm³/mol. The Morgan fingerprint density at radius 2 is 2.06 bits per heavy atom. The van der Waals surface area contributed by atoms with Crippen molar-refractivity contribution in [2.45, 2.75) is 71.9 Å². The van der Waals surface area contributed by atoms with E-state index in [4.69, 9.17) is 4.74 Å². The highest BCUT2D eigenvalue weighted by atomic mass is 16.5. The molecule has 0 spiro atoms. The van der Waals surface area contributed by atoms with Gasteiger partial charge in [0.25, 0.3) is 0 Å². The van der Waals surface area contributed by atoms with Crippen LogP contribution in [0.4, 0.5) is 0 Å². The van der Waals surface area contributed by atoms with Crippen LogP contribution in [0.3, 0.4) is 0 Å². The van der Waals surface area contributed by atoms with Gasteiger partial charge in [0.2, 0.25) is 0 Å². The molecular formula is C14H29NO. The first kappa shape index (κ1) is 14.0. The summed E-state index contributed by atoms with van der Waals surface area (Å²) < 4.78 is 5.96. The van der Waals surface area contributed by atoms with Crippen molar-refractivity contribution >= 4 is 0 Å². The molecule has 1 aliphatic rings. The van der Waals surface area contributed by atoms with Crippen LogP contribution < -0.4 is 5.32 Å². The van der Waals surface area contributed by atoms with Crippen LogP contribution in [0.1, 0.15) is 60.3 Å². The highest BCUT2D eigenvalue weighted by molar-refractivity contribution is 4.93. The van der Waals surface area contributed by atoms with Gasteiger partial charge in [-0.1, -0.05) is 27.7 Å². The van der Waals surface area contributed by atoms with E-state index in [-0.39, 0.29) is 5.60 Å². The Hall–Kier alpha value is -0.0800. The van der Waals surface area contributed by atoms with E-state index in [0.717, 1.165) is 13.2 Å². The van der Waals surface area contributed by atoms with Crippen LogP contribution in [0.2, 0.25) is 0 Å². The van der Waals surface area contributed by atoms with Crippen molar-refractivity contribution in [1.29, 1.82) is 0 Å². The number of likely N-dealkylation sites (N-methyl/N-ethyl adjacent to an activating group) is 1. The standard InChI is InChI=1S/C14H29NO/c1-6-15-12(8-10-13(2,3)4)14(5)9-7-11-16-14/h12,15H,6-11H2,1-5H3. The quantitative estimate of drug-likeness (QED) is 0.777. The van der Waals surface area contributed by atoms with Gasteiger partial charge < -0.3 is 10.1 Å². The van der Waals surface area contributed by atoms with Gasteiger partial charge in [0, 0.05) is 12.6 Å². The Kier molecular flexibility index (Phi) is 4.81. The second kappa shape index (κ2) is 5.50. The molecule has 0 amide bonds. The van der Waals surface area contributed by atoms with Crippen LogP contribution in [0, 0.1) is 5.41 Å². The summed E-state index contributed by atoms with van der Waals surface area (Å²) >= 11 is 0. The largest absolute Gasteiger partial charge is 0.374 e. The van der Waals surface area contributed by atoms with E-state index in [0.29, 0.717) is 11.5 Å². The summed E-state index contributed by atoms with van der Waals surface area (Å²) in [7, 11) is 0. The van der Waals surface area contributed by atoms with Crippen LogP contribution in [0.15, 0.2) is 0 Å². The summed E-state index contributed by atoms with van der Waals surface area (Å²) in [5, 5.41) is 3.61. The Morgan fingerprint density at radius 1 is 1.38 bits per heavy atom. The first-order chi connectivity index (χ1) is 7.37. The number of nitrogens with one attached hydrogen (secondary N) is 1. The van der Waals surface area contributed by atoms with E-state index in [1.807, 2.05) is 0 Å². The average Bonchev–Trinajstić information content (AvgIpc) is 2.59. The molecule has 16 heavy (non-hydrogen) atoms. The monoisotopic (exact) mass is 227 g/mol. The minimum atomic E-state index is 0.0707. The molecule has 2 heteroatoms. The molecule has 0 bridgehead atoms. The molecule has 2 nitrogen and oxygen atoms in total. The third-order valence-corrected chi connectivity index (χ3v) is 3.62. The maximum absolute atomic E-state index is 5.96. The number of rotatable bonds is 5. The van der Waals surface area contributed by atoms with Gasteiger partial charge in [0.15, 0.2) is 0 Å². The number of hydrogen-bond donors (Lipinski definition) is 1. The number of ether oxygens (including phenoxy) is 1. The lowest BCUT2D eigenvalue weighted by Crippen LogP contribution is -2.48. The SMILES string of the molecule is CCNC(CCC(C)(C)C)C1(C)CCCO1. The molecular weight excluding hydrogens is 198 g/mol. The van der Waals surface area contributed by atoms with E-state index in [1.165, 1.54) is 25.7 Å². The van der Waals surface area contributed by atoms with Crippen molar-refractivity contribution in [3.63, 3.8) is 0 Å². The molecule has 1 fully saturated rings. The normalized spacial score (nSPS) is 28.3. The summed E-state index contributed by atoms with van der Waals surface area (Å²) in [6.45, 7) is 13.4. The molecule has 1 rings (SSSR count). The van der Waals surface area contributed by atoms with E-state index in [9.17, 15) is 0 Å². The molecule has 0 aromatic rings. The molecule has 0 aromatic heterocycles. The number of hydrogen-bond acceptors (Lipinski definition) is 2. The van der Waals surface area contributed by atoms with E-state index < -0.39 is 0 Å². The van der Waals surface area contributed by atoms with Crippen LogP contribution in [0.5, 0.6) is 0 Å². The van der Waals surface area contributed by atoms with Crippen LogP contribution in [-0.4, -0.2) is 24.8 Å². The topological polar surface area (TPSA) is 21.3 Å². The molecule has 1 heterocycles. The van der Waals surface area contributed by atoms with Crippen molar-refractivity contribution in [2.75, 3.05) is 13.2 Å². The van der Waals surface area contributed by atoms with Gasteiger partial charge in [-0.15, -0.1) is 0 Å². The fourth-order valence-corrected chi connectivity index (χ4v) is 2.52. The van der Waals surface area contributed by atoms with Crippen LogP contribution in [-0.2, 0) is 4.74 Å². The van der Waals surface area contributed by atoms with E-state index in [1.54, 1.807) is 0 Å². The lowest BCUT2D eigenvalue weighted by molar-refractivity contribution is -0.0159. The second-order valence-electron chi connectivity index (χ2n) is 6.47. The zero-order valence-electron chi connectivity index (χ0n) is 11.7. The van der Waals surface area contributed by atoms with Crippen molar-refractivity contribution < 1.29 is 4.74 Å². The molecule has 0 aliphatic carbocycles. The molecule has 2 atom stereocenters. The van der Waals surface area contributed by atoms with Crippen molar-refractivity contribution in [1.82, 2.24) is 5.32 Å². The Morgan fingerprint density at radius 3 is 2.50 bits per heavy atom. The molecule has 0 saturated carbocycles. The summed E-state index contributed by atoms with van der Waals surface area (Å²) in [4.78, 5) is 0. The van der Waals surface area contributed by atoms with Gasteiger partial charge in [-0.25, -0.2) is 0 Å². The van der Waals surface area contributed by atoms with Crippen molar-refractivity contribution in [2.24, 2.45) is 5.41 Å². The highest BCUT2D eigenvalue weighted by Crippen LogP contribution is 2.33. The van der Waals surface area contributed by atoms with Crippen molar-refractivity contribution in [3.8, 4) is 0 Å². The zero-order chi connectivity index (χ0) is 12.2. The second-order valence-corrected chi connectivity index (χ2v) is 6.47. The highest BCUT2D eigenvalue weighted by Gasteiger charge is 2.37. The van der Waals surface area contributed by atoms with Gasteiger partial charge in [-0.05, 0) is 44.6 Å². The fraction of sp³-hybridized carbons (Fsp3) is 1.00. The van der Waals surface area contributed by atoms with E-state index >= 15 is 0 Å². The minimum Gasteiger partial charge on any atom is -0.374 e. The Labute approximate surface area is 101 Å². The molecule has 1 saturated heterocycles. The van der Waals surface area contributed by atoms with E-state index in [2.05, 4.69) is 39.9 Å². The molecule has 1 N–H and O–H groups in total. The Bertz CT molecular complexity index is 201. The van der Waals surface area contributed by atoms with Gasteiger partial charge in [0.1, 0.15) is 0 Å². The van der Waals surface area contributed by atoms with Crippen LogP contribution >= 0.6 is 0 Å². The van der Waals surface area contributed by atoms with Crippen LogP contribution in [0.25, 0.3) is 0 Å². The van der Waals surface area contributed by atoms with Gasteiger partial charge in [-0.3, -0.25) is 0 Å². The van der Waals surface area contributed by atoms with Gasteiger partial charge in [-0.2, -0.15) is 0 Å². The first-order valence-electron chi connectivity index (χ1n) is 6.75. The minimum absolute atomic E-state index is 0.0707. The maximum atomic E-state index is 5.96. The summed E-state index contributed by atoms with van der Waals surface area (Å²) in [6, 6.07) is 0.513. The first-order valence-corrected chi connectivity index (χ1v) is 6.75. The average molecular weight is 227 g/mol. The third-order valence-electron chi connectivity index (χ3n) is 3.62. The predicted octanol–water partition coefficient (Wildman–Crippen LogP) is 3.36. The lowest BCUT2D eigenvalue weighted by atomic mass is 9.83. The molecule has 96 valence electrons. The van der Waals surface area contributed by atoms with Crippen molar-refractivity contribution in [3.05, 3.63) is 0 Å². The maximum Gasteiger partial charge on any atom is 0.0807 e. The molecule has 1 aliphatic heterocycles.